The van der Waals surface area contributed by atoms with Crippen LogP contribution in [0.5, 0.6) is 0 Å². The molecule has 1 aromatic rings. The summed E-state index contributed by atoms with van der Waals surface area (Å²) in [5.74, 6) is -1.59. The van der Waals surface area contributed by atoms with Gasteiger partial charge in [-0.2, -0.15) is 0 Å². The van der Waals surface area contributed by atoms with Crippen molar-refractivity contribution in [2.75, 3.05) is 26.2 Å². The van der Waals surface area contributed by atoms with Crippen LogP contribution in [-0.4, -0.2) is 59.0 Å². The van der Waals surface area contributed by atoms with Gasteiger partial charge in [-0.05, 0) is 35.0 Å². The van der Waals surface area contributed by atoms with Gasteiger partial charge in [0.05, 0.1) is 10.0 Å². The molecule has 0 aromatic heterocycles. The molecule has 1 fully saturated rings. The fourth-order valence-electron chi connectivity index (χ4n) is 2.31. The molecule has 1 aromatic carbocycles. The van der Waals surface area contributed by atoms with E-state index in [0.29, 0.717) is 26.2 Å². The highest BCUT2D eigenvalue weighted by Gasteiger charge is 2.28. The first-order valence-electron chi connectivity index (χ1n) is 6.62. The third-order valence-electron chi connectivity index (χ3n) is 3.69. The number of carboxylic acids is 1. The molecule has 0 bridgehead atoms. The summed E-state index contributed by atoms with van der Waals surface area (Å²) in [7, 11) is 0. The molecule has 1 saturated heterocycles. The lowest BCUT2D eigenvalue weighted by Gasteiger charge is -2.36. The number of hydrogen-bond acceptors (Lipinski definition) is 3. The molecular formula is C14H16BrFN2O3. The fraction of sp³-hybridized carbons (Fsp3) is 0.429. The minimum atomic E-state index is -0.873. The molecule has 1 heterocycles. The second kappa shape index (κ2) is 6.53. The number of carboxylic acid groups (broad SMARTS) is 1. The van der Waals surface area contributed by atoms with E-state index >= 15 is 0 Å². The molecule has 21 heavy (non-hydrogen) atoms. The molecular weight excluding hydrogens is 343 g/mol. The summed E-state index contributed by atoms with van der Waals surface area (Å²) in [6, 6.07) is 3.79. The highest BCUT2D eigenvalue weighted by Crippen LogP contribution is 2.22. The Morgan fingerprint density at radius 1 is 1.29 bits per heavy atom. The third-order valence-corrected chi connectivity index (χ3v) is 4.49. The number of carbonyl (C=O) groups excluding carboxylic acids is 1. The van der Waals surface area contributed by atoms with Crippen molar-refractivity contribution >= 4 is 27.8 Å². The van der Waals surface area contributed by atoms with Crippen LogP contribution in [0.3, 0.4) is 0 Å². The van der Waals surface area contributed by atoms with Crippen LogP contribution < -0.4 is 0 Å². The zero-order valence-corrected chi connectivity index (χ0v) is 13.1. The van der Waals surface area contributed by atoms with Gasteiger partial charge >= 0.3 is 5.97 Å². The predicted molar refractivity (Wildman–Crippen MR) is 78.7 cm³/mol. The molecule has 1 aliphatic heterocycles. The Balaban J connectivity index is 2.04. The zero-order valence-electron chi connectivity index (χ0n) is 11.6. The molecule has 0 spiro atoms. The van der Waals surface area contributed by atoms with E-state index in [1.54, 1.807) is 17.9 Å². The summed E-state index contributed by atoms with van der Waals surface area (Å²) in [4.78, 5) is 26.8. The van der Waals surface area contributed by atoms with E-state index in [9.17, 15) is 14.0 Å². The summed E-state index contributed by atoms with van der Waals surface area (Å²) in [5, 5.41) is 8.98. The Labute approximate surface area is 130 Å². The highest BCUT2D eigenvalue weighted by molar-refractivity contribution is 9.10. The van der Waals surface area contributed by atoms with Gasteiger partial charge in [-0.3, -0.25) is 14.5 Å². The van der Waals surface area contributed by atoms with Crippen LogP contribution in [0, 0.1) is 5.82 Å². The number of amides is 1. The number of aliphatic carboxylic acids is 1. The minimum absolute atomic E-state index is 0.163. The van der Waals surface area contributed by atoms with Crippen molar-refractivity contribution in [2.45, 2.75) is 13.0 Å². The molecule has 5 nitrogen and oxygen atoms in total. The molecule has 7 heteroatoms. The molecule has 0 aliphatic carbocycles. The Morgan fingerprint density at radius 2 is 1.90 bits per heavy atom. The monoisotopic (exact) mass is 358 g/mol. The van der Waals surface area contributed by atoms with Gasteiger partial charge in [-0.1, -0.05) is 6.07 Å². The maximum absolute atomic E-state index is 13.5. The number of carbonyl (C=O) groups is 2. The van der Waals surface area contributed by atoms with Crippen LogP contribution in [0.2, 0.25) is 0 Å². The van der Waals surface area contributed by atoms with Gasteiger partial charge in [0.15, 0.2) is 0 Å². The number of benzene rings is 1. The van der Waals surface area contributed by atoms with Crippen molar-refractivity contribution in [1.29, 1.82) is 0 Å². The Hall–Kier alpha value is -1.47. The number of piperazine rings is 1. The summed E-state index contributed by atoms with van der Waals surface area (Å²) in [5.41, 5.74) is 0.287. The van der Waals surface area contributed by atoms with Crippen LogP contribution in [0.15, 0.2) is 22.7 Å². The maximum atomic E-state index is 13.5. The average molecular weight is 359 g/mol. The van der Waals surface area contributed by atoms with Gasteiger partial charge in [-0.15, -0.1) is 0 Å². The number of nitrogens with zero attached hydrogens (tertiary/aromatic N) is 2. The first-order valence-corrected chi connectivity index (χ1v) is 7.41. The minimum Gasteiger partial charge on any atom is -0.480 e. The van der Waals surface area contributed by atoms with Crippen LogP contribution in [0.4, 0.5) is 4.39 Å². The first kappa shape index (κ1) is 15.9. The highest BCUT2D eigenvalue weighted by atomic mass is 79.9. The summed E-state index contributed by atoms with van der Waals surface area (Å²) >= 11 is 3.09. The molecule has 1 amide bonds. The first-order chi connectivity index (χ1) is 9.91. The normalized spacial score (nSPS) is 17.6. The van der Waals surface area contributed by atoms with Crippen LogP contribution in [0.25, 0.3) is 0 Å². The van der Waals surface area contributed by atoms with Crippen molar-refractivity contribution in [3.05, 3.63) is 34.1 Å². The Bertz CT molecular complexity index is 559. The second-order valence-electron chi connectivity index (χ2n) is 4.94. The summed E-state index contributed by atoms with van der Waals surface area (Å²) < 4.78 is 13.6. The molecule has 0 radical (unpaired) electrons. The van der Waals surface area contributed by atoms with E-state index in [0.717, 1.165) is 0 Å². The molecule has 2 rings (SSSR count). The van der Waals surface area contributed by atoms with E-state index < -0.39 is 17.8 Å². The van der Waals surface area contributed by atoms with Crippen molar-refractivity contribution in [3.63, 3.8) is 0 Å². The van der Waals surface area contributed by atoms with E-state index in [-0.39, 0.29) is 15.9 Å². The quantitative estimate of drug-likeness (QED) is 0.895. The Kier molecular flexibility index (Phi) is 4.95. The standard InChI is InChI=1S/C14H16BrFN2O3/c1-9(14(20)21)17-5-7-18(8-6-17)13(19)10-3-2-4-11(16)12(10)15/h2-4,9H,5-8H2,1H3,(H,20,21). The molecule has 1 N–H and O–H groups in total. The van der Waals surface area contributed by atoms with Gasteiger partial charge < -0.3 is 10.0 Å². The van der Waals surface area contributed by atoms with Crippen LogP contribution in [0.1, 0.15) is 17.3 Å². The van der Waals surface area contributed by atoms with E-state index in [2.05, 4.69) is 15.9 Å². The average Bonchev–Trinajstić information content (AvgIpc) is 2.48. The van der Waals surface area contributed by atoms with Crippen molar-refractivity contribution < 1.29 is 19.1 Å². The van der Waals surface area contributed by atoms with Crippen LogP contribution >= 0.6 is 15.9 Å². The summed E-state index contributed by atoms with van der Waals surface area (Å²) in [6.45, 7) is 3.47. The van der Waals surface area contributed by atoms with Crippen molar-refractivity contribution in [3.8, 4) is 0 Å². The molecule has 1 atom stereocenters. The smallest absolute Gasteiger partial charge is 0.320 e. The lowest BCUT2D eigenvalue weighted by Crippen LogP contribution is -2.53. The lowest BCUT2D eigenvalue weighted by atomic mass is 10.1. The maximum Gasteiger partial charge on any atom is 0.320 e. The topological polar surface area (TPSA) is 60.9 Å². The number of hydrogen-bond donors (Lipinski definition) is 1. The second-order valence-corrected chi connectivity index (χ2v) is 5.74. The molecule has 1 unspecified atom stereocenters. The molecule has 114 valence electrons. The molecule has 0 saturated carbocycles. The number of rotatable bonds is 3. The largest absolute Gasteiger partial charge is 0.480 e. The Morgan fingerprint density at radius 3 is 2.48 bits per heavy atom. The lowest BCUT2D eigenvalue weighted by molar-refractivity contribution is -0.143. The van der Waals surface area contributed by atoms with Gasteiger partial charge in [0.1, 0.15) is 11.9 Å². The summed E-state index contributed by atoms with van der Waals surface area (Å²) in [6.07, 6.45) is 0. The van der Waals surface area contributed by atoms with E-state index in [4.69, 9.17) is 5.11 Å². The van der Waals surface area contributed by atoms with E-state index in [1.807, 2.05) is 4.90 Å². The van der Waals surface area contributed by atoms with Gasteiger partial charge in [0, 0.05) is 26.2 Å². The fourth-order valence-corrected chi connectivity index (χ4v) is 2.74. The number of halogens is 2. The van der Waals surface area contributed by atoms with Crippen LogP contribution in [-0.2, 0) is 4.79 Å². The third kappa shape index (κ3) is 3.41. The molecule has 1 aliphatic rings. The zero-order chi connectivity index (χ0) is 15.6. The van der Waals surface area contributed by atoms with Gasteiger partial charge in [0.25, 0.3) is 5.91 Å². The van der Waals surface area contributed by atoms with E-state index in [1.165, 1.54) is 12.1 Å². The SMILES string of the molecule is CC(C(=O)O)N1CCN(C(=O)c2cccc(F)c2Br)CC1. The van der Waals surface area contributed by atoms with Gasteiger partial charge in [-0.25, -0.2) is 4.39 Å². The van der Waals surface area contributed by atoms with Crippen molar-refractivity contribution in [2.24, 2.45) is 0 Å². The van der Waals surface area contributed by atoms with Crippen molar-refractivity contribution in [1.82, 2.24) is 9.80 Å². The van der Waals surface area contributed by atoms with Gasteiger partial charge in [0.2, 0.25) is 0 Å². The predicted octanol–water partition coefficient (Wildman–Crippen LogP) is 1.82.